The number of hydrogen-bond acceptors (Lipinski definition) is 4. The molecule has 0 unspecified atom stereocenters. The number of ether oxygens (including phenoxy) is 1. The Bertz CT molecular complexity index is 411. The Kier molecular flexibility index (Phi) is 3.91. The quantitative estimate of drug-likeness (QED) is 0.863. The fraction of sp³-hybridized carbons (Fsp3) is 0.250. The Labute approximate surface area is 99.1 Å². The molecule has 0 fully saturated rings. The fourth-order valence-corrected chi connectivity index (χ4v) is 1.96. The number of anilines is 1. The van der Waals surface area contributed by atoms with Gasteiger partial charge in [-0.2, -0.15) is 0 Å². The topological polar surface area (TPSA) is 34.1 Å². The van der Waals surface area contributed by atoms with E-state index in [0.29, 0.717) is 13.2 Å². The van der Waals surface area contributed by atoms with Crippen molar-refractivity contribution in [3.63, 3.8) is 0 Å². The highest BCUT2D eigenvalue weighted by atomic mass is 32.1. The van der Waals surface area contributed by atoms with Crippen molar-refractivity contribution in [3.05, 3.63) is 46.3 Å². The van der Waals surface area contributed by atoms with Gasteiger partial charge in [-0.1, -0.05) is 12.1 Å². The van der Waals surface area contributed by atoms with Gasteiger partial charge >= 0.3 is 0 Å². The number of rotatable bonds is 5. The highest BCUT2D eigenvalue weighted by Gasteiger charge is 1.97. The van der Waals surface area contributed by atoms with Crippen LogP contribution in [0.5, 0.6) is 0 Å². The summed E-state index contributed by atoms with van der Waals surface area (Å²) in [6.45, 7) is 1.28. The lowest BCUT2D eigenvalue weighted by atomic mass is 10.3. The van der Waals surface area contributed by atoms with Crippen LogP contribution < -0.4 is 5.32 Å². The second-order valence-electron chi connectivity index (χ2n) is 3.37. The molecule has 4 heteroatoms. The van der Waals surface area contributed by atoms with Crippen LogP contribution in [0.3, 0.4) is 0 Å². The summed E-state index contributed by atoms with van der Waals surface area (Å²) in [4.78, 5) is 5.47. The molecule has 0 saturated heterocycles. The molecule has 2 rings (SSSR count). The Hall–Kier alpha value is -1.39. The predicted octanol–water partition coefficient (Wildman–Crippen LogP) is 2.90. The van der Waals surface area contributed by atoms with E-state index in [4.69, 9.17) is 4.74 Å². The zero-order valence-corrected chi connectivity index (χ0v) is 9.96. The van der Waals surface area contributed by atoms with Gasteiger partial charge in [0, 0.05) is 18.1 Å². The summed E-state index contributed by atoms with van der Waals surface area (Å²) in [6, 6.07) is 8.08. The molecule has 0 aliphatic rings. The maximum Gasteiger partial charge on any atom is 0.125 e. The second kappa shape index (κ2) is 5.63. The second-order valence-corrected chi connectivity index (χ2v) is 4.41. The highest BCUT2D eigenvalue weighted by Crippen LogP contribution is 2.11. The summed E-state index contributed by atoms with van der Waals surface area (Å²) in [5.41, 5.74) is 1.09. The lowest BCUT2D eigenvalue weighted by Crippen LogP contribution is -1.96. The first-order chi connectivity index (χ1) is 7.88. The fourth-order valence-electron chi connectivity index (χ4n) is 1.32. The SMILES string of the molecule is CNc1ccc(COCc2cccs2)cn1. The van der Waals surface area contributed by atoms with Crippen LogP contribution in [0.4, 0.5) is 5.82 Å². The monoisotopic (exact) mass is 234 g/mol. The van der Waals surface area contributed by atoms with Crippen LogP contribution in [-0.2, 0) is 18.0 Å². The molecule has 0 bridgehead atoms. The standard InChI is InChI=1S/C12H14N2OS/c1-13-12-5-4-10(7-14-12)8-15-9-11-3-2-6-16-11/h2-7H,8-9H2,1H3,(H,13,14). The third-order valence-corrected chi connectivity index (χ3v) is 3.02. The van der Waals surface area contributed by atoms with Crippen molar-refractivity contribution >= 4 is 17.2 Å². The van der Waals surface area contributed by atoms with Crippen LogP contribution in [0.2, 0.25) is 0 Å². The van der Waals surface area contributed by atoms with E-state index in [1.807, 2.05) is 31.4 Å². The Morgan fingerprint density at radius 3 is 2.88 bits per heavy atom. The van der Waals surface area contributed by atoms with Crippen molar-refractivity contribution < 1.29 is 4.74 Å². The number of nitrogens with zero attached hydrogens (tertiary/aromatic N) is 1. The van der Waals surface area contributed by atoms with E-state index in [-0.39, 0.29) is 0 Å². The van der Waals surface area contributed by atoms with Crippen LogP contribution in [0.15, 0.2) is 35.8 Å². The van der Waals surface area contributed by atoms with Gasteiger partial charge in [-0.15, -0.1) is 11.3 Å². The average molecular weight is 234 g/mol. The number of thiophene rings is 1. The molecule has 2 aromatic heterocycles. The van der Waals surface area contributed by atoms with Gasteiger partial charge in [0.2, 0.25) is 0 Å². The highest BCUT2D eigenvalue weighted by molar-refractivity contribution is 7.09. The molecule has 0 aromatic carbocycles. The van der Waals surface area contributed by atoms with Crippen molar-refractivity contribution in [2.45, 2.75) is 13.2 Å². The van der Waals surface area contributed by atoms with Gasteiger partial charge in [0.1, 0.15) is 5.82 Å². The molecule has 0 spiro atoms. The zero-order chi connectivity index (χ0) is 11.2. The smallest absolute Gasteiger partial charge is 0.125 e. The Morgan fingerprint density at radius 1 is 1.31 bits per heavy atom. The first-order valence-electron chi connectivity index (χ1n) is 5.11. The largest absolute Gasteiger partial charge is 0.373 e. The van der Waals surface area contributed by atoms with Crippen molar-refractivity contribution in [2.75, 3.05) is 12.4 Å². The van der Waals surface area contributed by atoms with Crippen molar-refractivity contribution in [1.82, 2.24) is 4.98 Å². The molecule has 1 N–H and O–H groups in total. The normalized spacial score (nSPS) is 10.3. The van der Waals surface area contributed by atoms with Gasteiger partial charge in [0.05, 0.1) is 13.2 Å². The van der Waals surface area contributed by atoms with E-state index < -0.39 is 0 Å². The zero-order valence-electron chi connectivity index (χ0n) is 9.14. The van der Waals surface area contributed by atoms with E-state index in [2.05, 4.69) is 21.7 Å². The maximum absolute atomic E-state index is 5.59. The van der Waals surface area contributed by atoms with Gasteiger partial charge in [-0.25, -0.2) is 4.98 Å². The molecule has 84 valence electrons. The maximum atomic E-state index is 5.59. The van der Waals surface area contributed by atoms with E-state index in [9.17, 15) is 0 Å². The van der Waals surface area contributed by atoms with Gasteiger partial charge < -0.3 is 10.1 Å². The third-order valence-electron chi connectivity index (χ3n) is 2.17. The molecule has 0 aliphatic carbocycles. The van der Waals surface area contributed by atoms with Crippen molar-refractivity contribution in [1.29, 1.82) is 0 Å². The van der Waals surface area contributed by atoms with Gasteiger partial charge in [-0.05, 0) is 23.1 Å². The Balaban J connectivity index is 1.81. The summed E-state index contributed by atoms with van der Waals surface area (Å²) in [7, 11) is 1.86. The van der Waals surface area contributed by atoms with Crippen LogP contribution in [-0.4, -0.2) is 12.0 Å². The lowest BCUT2D eigenvalue weighted by Gasteiger charge is -2.03. The molecule has 16 heavy (non-hydrogen) atoms. The number of aromatic nitrogens is 1. The van der Waals surface area contributed by atoms with Gasteiger partial charge in [0.25, 0.3) is 0 Å². The Morgan fingerprint density at radius 2 is 2.25 bits per heavy atom. The third kappa shape index (κ3) is 3.05. The van der Waals surface area contributed by atoms with Gasteiger partial charge in [-0.3, -0.25) is 0 Å². The first-order valence-corrected chi connectivity index (χ1v) is 5.99. The number of hydrogen-bond donors (Lipinski definition) is 1. The van der Waals surface area contributed by atoms with Crippen LogP contribution in [0.1, 0.15) is 10.4 Å². The summed E-state index contributed by atoms with van der Waals surface area (Å²) < 4.78 is 5.59. The summed E-state index contributed by atoms with van der Waals surface area (Å²) in [5, 5.41) is 5.04. The van der Waals surface area contributed by atoms with E-state index in [1.54, 1.807) is 11.3 Å². The molecule has 0 saturated carbocycles. The molecule has 0 radical (unpaired) electrons. The average Bonchev–Trinajstić information content (AvgIpc) is 2.83. The molecule has 2 aromatic rings. The van der Waals surface area contributed by atoms with Gasteiger partial charge in [0.15, 0.2) is 0 Å². The molecule has 0 amide bonds. The predicted molar refractivity (Wildman–Crippen MR) is 66.6 cm³/mol. The minimum atomic E-state index is 0.606. The molecular formula is C12H14N2OS. The summed E-state index contributed by atoms with van der Waals surface area (Å²) >= 11 is 1.71. The van der Waals surface area contributed by atoms with Crippen LogP contribution in [0.25, 0.3) is 0 Å². The summed E-state index contributed by atoms with van der Waals surface area (Å²) in [6.07, 6.45) is 1.83. The first kappa shape index (κ1) is 11.1. The minimum Gasteiger partial charge on any atom is -0.373 e. The number of nitrogens with one attached hydrogen (secondary N) is 1. The molecule has 0 atom stereocenters. The van der Waals surface area contributed by atoms with E-state index in [0.717, 1.165) is 11.4 Å². The molecule has 3 nitrogen and oxygen atoms in total. The summed E-state index contributed by atoms with van der Waals surface area (Å²) in [5.74, 6) is 0.877. The van der Waals surface area contributed by atoms with Crippen LogP contribution in [0, 0.1) is 0 Å². The lowest BCUT2D eigenvalue weighted by molar-refractivity contribution is 0.109. The molecular weight excluding hydrogens is 220 g/mol. The molecule has 2 heterocycles. The molecule has 0 aliphatic heterocycles. The van der Waals surface area contributed by atoms with E-state index >= 15 is 0 Å². The van der Waals surface area contributed by atoms with Crippen molar-refractivity contribution in [2.24, 2.45) is 0 Å². The van der Waals surface area contributed by atoms with E-state index in [1.165, 1.54) is 4.88 Å². The van der Waals surface area contributed by atoms with Crippen molar-refractivity contribution in [3.8, 4) is 0 Å². The van der Waals surface area contributed by atoms with Crippen LogP contribution >= 0.6 is 11.3 Å². The number of pyridine rings is 1. The minimum absolute atomic E-state index is 0.606.